The highest BCUT2D eigenvalue weighted by Crippen LogP contribution is 2.14. The van der Waals surface area contributed by atoms with Crippen molar-refractivity contribution in [1.82, 2.24) is 5.32 Å². The van der Waals surface area contributed by atoms with E-state index < -0.39 is 0 Å². The van der Waals surface area contributed by atoms with E-state index >= 15 is 0 Å². The van der Waals surface area contributed by atoms with E-state index in [1.54, 1.807) is 11.3 Å². The maximum absolute atomic E-state index is 5.40. The lowest BCUT2D eigenvalue weighted by Crippen LogP contribution is -2.15. The van der Waals surface area contributed by atoms with Gasteiger partial charge in [-0.1, -0.05) is 6.07 Å². The molecule has 2 rings (SSSR count). The fourth-order valence-corrected chi connectivity index (χ4v) is 2.34. The van der Waals surface area contributed by atoms with Crippen LogP contribution >= 0.6 is 27.3 Å². The molecule has 0 unspecified atom stereocenters. The normalized spacial score (nSPS) is 10.7. The average molecular weight is 286 g/mol. The van der Waals surface area contributed by atoms with Crippen LogP contribution in [0, 0.1) is 0 Å². The zero-order valence-electron chi connectivity index (χ0n) is 8.20. The quantitative estimate of drug-likeness (QED) is 0.852. The molecule has 0 aliphatic carbocycles. The summed E-state index contributed by atoms with van der Waals surface area (Å²) in [6.45, 7) is 1.89. The highest BCUT2D eigenvalue weighted by Gasteiger charge is 1.99. The topological polar surface area (TPSA) is 25.2 Å². The largest absolute Gasteiger partial charge is 0.454 e. The molecule has 80 valence electrons. The molecule has 0 atom stereocenters. The van der Waals surface area contributed by atoms with Gasteiger partial charge >= 0.3 is 0 Å². The number of rotatable bonds is 5. The molecule has 0 fully saturated rings. The number of furan rings is 1. The predicted octanol–water partition coefficient (Wildman–Crippen LogP) is 3.44. The van der Waals surface area contributed by atoms with Gasteiger partial charge in [0.15, 0.2) is 4.67 Å². The van der Waals surface area contributed by atoms with Crippen molar-refractivity contribution in [3.63, 3.8) is 0 Å². The lowest BCUT2D eigenvalue weighted by atomic mass is 10.3. The number of thiophene rings is 1. The first-order chi connectivity index (χ1) is 7.34. The zero-order chi connectivity index (χ0) is 10.5. The fourth-order valence-electron chi connectivity index (χ4n) is 1.32. The molecule has 0 saturated carbocycles. The third kappa shape index (κ3) is 3.48. The SMILES string of the molecule is Brc1ccc(CCNCc2cccs2)o1. The summed E-state index contributed by atoms with van der Waals surface area (Å²) in [5, 5.41) is 5.48. The molecular formula is C11H12BrNOS. The van der Waals surface area contributed by atoms with Gasteiger partial charge in [-0.2, -0.15) is 0 Å². The Balaban J connectivity index is 1.67. The molecule has 2 heterocycles. The Morgan fingerprint density at radius 2 is 2.27 bits per heavy atom. The van der Waals surface area contributed by atoms with Gasteiger partial charge in [-0.25, -0.2) is 0 Å². The molecule has 2 nitrogen and oxygen atoms in total. The van der Waals surface area contributed by atoms with Crippen LogP contribution < -0.4 is 5.32 Å². The second-order valence-electron chi connectivity index (χ2n) is 3.21. The first-order valence-electron chi connectivity index (χ1n) is 4.82. The van der Waals surface area contributed by atoms with E-state index in [1.165, 1.54) is 4.88 Å². The smallest absolute Gasteiger partial charge is 0.169 e. The van der Waals surface area contributed by atoms with Crippen LogP contribution in [0.4, 0.5) is 0 Å². The second-order valence-corrected chi connectivity index (χ2v) is 5.03. The minimum Gasteiger partial charge on any atom is -0.454 e. The van der Waals surface area contributed by atoms with E-state index in [9.17, 15) is 0 Å². The summed E-state index contributed by atoms with van der Waals surface area (Å²) in [6.07, 6.45) is 0.928. The van der Waals surface area contributed by atoms with E-state index in [0.717, 1.165) is 29.9 Å². The van der Waals surface area contributed by atoms with Gasteiger partial charge < -0.3 is 9.73 Å². The Labute approximate surface area is 101 Å². The lowest BCUT2D eigenvalue weighted by Gasteiger charge is -2.00. The molecule has 15 heavy (non-hydrogen) atoms. The van der Waals surface area contributed by atoms with E-state index in [2.05, 4.69) is 38.8 Å². The summed E-state index contributed by atoms with van der Waals surface area (Å²) in [4.78, 5) is 1.37. The van der Waals surface area contributed by atoms with Gasteiger partial charge in [0.2, 0.25) is 0 Å². The summed E-state index contributed by atoms with van der Waals surface area (Å²) >= 11 is 5.07. The molecule has 0 amide bonds. The Morgan fingerprint density at radius 3 is 2.93 bits per heavy atom. The fraction of sp³-hybridized carbons (Fsp3) is 0.273. The highest BCUT2D eigenvalue weighted by molar-refractivity contribution is 9.10. The van der Waals surface area contributed by atoms with E-state index in [-0.39, 0.29) is 0 Å². The van der Waals surface area contributed by atoms with Crippen molar-refractivity contribution in [3.05, 3.63) is 45.0 Å². The first kappa shape index (κ1) is 10.9. The summed E-state index contributed by atoms with van der Waals surface area (Å²) in [5.74, 6) is 1.01. The van der Waals surface area contributed by atoms with Gasteiger partial charge in [0.1, 0.15) is 5.76 Å². The van der Waals surface area contributed by atoms with Crippen LogP contribution in [0.2, 0.25) is 0 Å². The van der Waals surface area contributed by atoms with Crippen molar-refractivity contribution in [2.24, 2.45) is 0 Å². The summed E-state index contributed by atoms with van der Waals surface area (Å²) in [7, 11) is 0. The molecule has 0 radical (unpaired) electrons. The van der Waals surface area contributed by atoms with Crippen LogP contribution in [0.3, 0.4) is 0 Å². The molecule has 4 heteroatoms. The molecule has 2 aromatic rings. The predicted molar refractivity (Wildman–Crippen MR) is 66.1 cm³/mol. The minimum atomic E-state index is 0.802. The lowest BCUT2D eigenvalue weighted by molar-refractivity contribution is 0.480. The molecule has 1 N–H and O–H groups in total. The highest BCUT2D eigenvalue weighted by atomic mass is 79.9. The van der Waals surface area contributed by atoms with Crippen molar-refractivity contribution in [2.75, 3.05) is 6.54 Å². The Morgan fingerprint density at radius 1 is 1.33 bits per heavy atom. The van der Waals surface area contributed by atoms with E-state index in [1.807, 2.05) is 12.1 Å². The average Bonchev–Trinajstić information content (AvgIpc) is 2.84. The third-order valence-corrected chi connectivity index (χ3v) is 3.36. The van der Waals surface area contributed by atoms with Crippen molar-refractivity contribution >= 4 is 27.3 Å². The summed E-state index contributed by atoms with van der Waals surface area (Å²) in [6, 6.07) is 8.14. The van der Waals surface area contributed by atoms with Crippen LogP contribution in [-0.4, -0.2) is 6.54 Å². The zero-order valence-corrected chi connectivity index (χ0v) is 10.6. The van der Waals surface area contributed by atoms with Crippen LogP contribution in [0.1, 0.15) is 10.6 Å². The maximum atomic E-state index is 5.40. The molecule has 0 saturated heterocycles. The Hall–Kier alpha value is -0.580. The molecule has 0 aliphatic rings. The Kier molecular flexibility index (Phi) is 4.00. The molecule has 2 aromatic heterocycles. The number of hydrogen-bond donors (Lipinski definition) is 1. The number of hydrogen-bond acceptors (Lipinski definition) is 3. The standard InChI is InChI=1S/C11H12BrNOS/c12-11-4-3-9(14-11)5-6-13-8-10-2-1-7-15-10/h1-4,7,13H,5-6,8H2. The summed E-state index contributed by atoms with van der Waals surface area (Å²) in [5.41, 5.74) is 0. The van der Waals surface area contributed by atoms with Gasteiger partial charge in [0.05, 0.1) is 0 Å². The van der Waals surface area contributed by atoms with E-state index in [0.29, 0.717) is 0 Å². The molecule has 0 aromatic carbocycles. The first-order valence-corrected chi connectivity index (χ1v) is 6.49. The van der Waals surface area contributed by atoms with Crippen LogP contribution in [0.5, 0.6) is 0 Å². The summed E-state index contributed by atoms with van der Waals surface area (Å²) < 4.78 is 6.20. The second kappa shape index (κ2) is 5.49. The molecule has 0 bridgehead atoms. The third-order valence-electron chi connectivity index (χ3n) is 2.06. The van der Waals surface area contributed by atoms with Gasteiger partial charge in [-0.3, -0.25) is 0 Å². The van der Waals surface area contributed by atoms with Crippen molar-refractivity contribution in [1.29, 1.82) is 0 Å². The molecule has 0 spiro atoms. The van der Waals surface area contributed by atoms with Crippen LogP contribution in [0.25, 0.3) is 0 Å². The molecular weight excluding hydrogens is 274 g/mol. The van der Waals surface area contributed by atoms with Gasteiger partial charge in [-0.15, -0.1) is 11.3 Å². The van der Waals surface area contributed by atoms with Crippen LogP contribution in [-0.2, 0) is 13.0 Å². The molecule has 0 aliphatic heterocycles. The monoisotopic (exact) mass is 285 g/mol. The van der Waals surface area contributed by atoms with Gasteiger partial charge in [0, 0.05) is 24.4 Å². The maximum Gasteiger partial charge on any atom is 0.169 e. The van der Waals surface area contributed by atoms with Crippen LogP contribution in [0.15, 0.2) is 38.7 Å². The number of halogens is 1. The Bertz CT molecular complexity index is 396. The minimum absolute atomic E-state index is 0.802. The van der Waals surface area contributed by atoms with Crippen molar-refractivity contribution in [2.45, 2.75) is 13.0 Å². The van der Waals surface area contributed by atoms with Gasteiger partial charge in [0.25, 0.3) is 0 Å². The van der Waals surface area contributed by atoms with Crippen molar-refractivity contribution in [3.8, 4) is 0 Å². The number of nitrogens with one attached hydrogen (secondary N) is 1. The van der Waals surface area contributed by atoms with E-state index in [4.69, 9.17) is 4.42 Å². The van der Waals surface area contributed by atoms with Gasteiger partial charge in [-0.05, 0) is 39.5 Å². The van der Waals surface area contributed by atoms with Crippen molar-refractivity contribution < 1.29 is 4.42 Å².